The number of methoxy groups -OCH3 is 1. The number of ether oxygens (including phenoxy) is 2. The van der Waals surface area contributed by atoms with E-state index in [1.165, 1.54) is 19.2 Å². The van der Waals surface area contributed by atoms with Gasteiger partial charge in [0.1, 0.15) is 0 Å². The Morgan fingerprint density at radius 3 is 2.44 bits per heavy atom. The zero-order valence-electron chi connectivity index (χ0n) is 14.1. The molecule has 2 rings (SSSR count). The van der Waals surface area contributed by atoms with E-state index in [4.69, 9.17) is 15.2 Å². The summed E-state index contributed by atoms with van der Waals surface area (Å²) in [5.41, 5.74) is 6.40. The topological polar surface area (TPSA) is 90.7 Å². The van der Waals surface area contributed by atoms with Crippen molar-refractivity contribution in [1.82, 2.24) is 0 Å². The Morgan fingerprint density at radius 2 is 1.84 bits per heavy atom. The van der Waals surface area contributed by atoms with E-state index in [2.05, 4.69) is 4.72 Å². The van der Waals surface area contributed by atoms with Gasteiger partial charge in [-0.15, -0.1) is 0 Å². The summed E-state index contributed by atoms with van der Waals surface area (Å²) in [7, 11) is -2.09. The Balaban J connectivity index is 2.22. The van der Waals surface area contributed by atoms with Gasteiger partial charge in [-0.2, -0.15) is 0 Å². The van der Waals surface area contributed by atoms with Gasteiger partial charge >= 0.3 is 0 Å². The van der Waals surface area contributed by atoms with Crippen LogP contribution in [-0.2, 0) is 16.4 Å². The van der Waals surface area contributed by atoms with Crippen molar-refractivity contribution in [3.63, 3.8) is 0 Å². The van der Waals surface area contributed by atoms with E-state index in [0.29, 0.717) is 11.5 Å². The van der Waals surface area contributed by atoms with Gasteiger partial charge in [0.15, 0.2) is 23.1 Å². The van der Waals surface area contributed by atoms with Gasteiger partial charge < -0.3 is 15.2 Å². The predicted octanol–water partition coefficient (Wildman–Crippen LogP) is 2.89. The molecule has 0 spiro atoms. The summed E-state index contributed by atoms with van der Waals surface area (Å²) >= 11 is 0. The van der Waals surface area contributed by atoms with Gasteiger partial charge in [0, 0.05) is 12.6 Å². The zero-order valence-corrected chi connectivity index (χ0v) is 14.9. The largest absolute Gasteiger partial charge is 0.493 e. The smallest absolute Gasteiger partial charge is 0.233 e. The van der Waals surface area contributed by atoms with Crippen molar-refractivity contribution in [1.29, 1.82) is 0 Å². The Morgan fingerprint density at radius 1 is 1.12 bits per heavy atom. The average Bonchev–Trinajstić information content (AvgIpc) is 2.57. The molecule has 3 N–H and O–H groups in total. The molecule has 0 saturated carbocycles. The summed E-state index contributed by atoms with van der Waals surface area (Å²) < 4.78 is 50.7. The minimum atomic E-state index is -3.59. The molecule has 0 heterocycles. The molecule has 2 aromatic rings. The molecule has 0 saturated heterocycles. The van der Waals surface area contributed by atoms with Crippen LogP contribution in [0.3, 0.4) is 0 Å². The van der Waals surface area contributed by atoms with Crippen molar-refractivity contribution >= 4 is 15.7 Å². The summed E-state index contributed by atoms with van der Waals surface area (Å²) in [6.45, 7) is 1.99. The van der Waals surface area contributed by atoms with Crippen molar-refractivity contribution in [2.75, 3.05) is 24.1 Å². The van der Waals surface area contributed by atoms with Crippen LogP contribution in [0.25, 0.3) is 0 Å². The molecular formula is C17H21FN2O4S. The average molecular weight is 368 g/mol. The fourth-order valence-electron chi connectivity index (χ4n) is 2.17. The van der Waals surface area contributed by atoms with Crippen LogP contribution < -0.4 is 19.9 Å². The van der Waals surface area contributed by atoms with Crippen molar-refractivity contribution < 1.29 is 22.3 Å². The number of anilines is 1. The summed E-state index contributed by atoms with van der Waals surface area (Å²) in [6, 6.07) is 9.21. The monoisotopic (exact) mass is 368 g/mol. The van der Waals surface area contributed by atoms with Crippen molar-refractivity contribution in [3.8, 4) is 17.2 Å². The predicted molar refractivity (Wildman–Crippen MR) is 95.3 cm³/mol. The van der Waals surface area contributed by atoms with Crippen LogP contribution in [0, 0.1) is 5.82 Å². The van der Waals surface area contributed by atoms with E-state index in [1.807, 2.05) is 19.1 Å². The molecule has 0 aliphatic carbocycles. The Bertz CT molecular complexity index is 841. The van der Waals surface area contributed by atoms with E-state index in [0.717, 1.165) is 18.1 Å². The maximum Gasteiger partial charge on any atom is 0.233 e. The van der Waals surface area contributed by atoms with Gasteiger partial charge in [-0.1, -0.05) is 13.0 Å². The highest BCUT2D eigenvalue weighted by molar-refractivity contribution is 7.92. The fraction of sp³-hybridized carbons (Fsp3) is 0.294. The molecule has 0 aliphatic rings. The molecule has 0 bridgehead atoms. The lowest BCUT2D eigenvalue weighted by atomic mass is 10.1. The first kappa shape index (κ1) is 19.0. The molecule has 6 nitrogen and oxygen atoms in total. The minimum absolute atomic E-state index is 0.0213. The molecule has 0 atom stereocenters. The van der Waals surface area contributed by atoms with Gasteiger partial charge in [-0.25, -0.2) is 12.8 Å². The third-order valence-electron chi connectivity index (χ3n) is 3.45. The number of sulfonamides is 1. The van der Waals surface area contributed by atoms with E-state index in [9.17, 15) is 12.8 Å². The number of benzene rings is 2. The van der Waals surface area contributed by atoms with E-state index in [-0.39, 0.29) is 23.7 Å². The van der Waals surface area contributed by atoms with Crippen molar-refractivity contribution in [3.05, 3.63) is 47.8 Å². The van der Waals surface area contributed by atoms with Crippen LogP contribution in [0.4, 0.5) is 10.1 Å². The number of hydrogen-bond donors (Lipinski definition) is 2. The lowest BCUT2D eigenvalue weighted by Crippen LogP contribution is -2.22. The maximum atomic E-state index is 14.3. The molecule has 0 unspecified atom stereocenters. The van der Waals surface area contributed by atoms with Gasteiger partial charge in [0.2, 0.25) is 10.0 Å². The van der Waals surface area contributed by atoms with Gasteiger partial charge in [0.25, 0.3) is 0 Å². The SMILES string of the molecule is CCc1ccc(Oc2ccc(NS(=O)(=O)CCN)cc2F)c(OC)c1. The quantitative estimate of drug-likeness (QED) is 0.748. The molecule has 0 aromatic heterocycles. The number of rotatable bonds is 8. The maximum absolute atomic E-state index is 14.3. The third-order valence-corrected chi connectivity index (χ3v) is 4.77. The molecule has 136 valence electrons. The zero-order chi connectivity index (χ0) is 18.4. The summed E-state index contributed by atoms with van der Waals surface area (Å²) in [4.78, 5) is 0. The molecule has 8 heteroatoms. The highest BCUT2D eigenvalue weighted by atomic mass is 32.2. The van der Waals surface area contributed by atoms with E-state index in [1.54, 1.807) is 6.07 Å². The summed E-state index contributed by atoms with van der Waals surface area (Å²) in [6.07, 6.45) is 0.836. The molecule has 2 aromatic carbocycles. The van der Waals surface area contributed by atoms with E-state index < -0.39 is 15.8 Å². The van der Waals surface area contributed by atoms with Crippen LogP contribution in [0.2, 0.25) is 0 Å². The van der Waals surface area contributed by atoms with Crippen LogP contribution in [0.1, 0.15) is 12.5 Å². The molecule has 25 heavy (non-hydrogen) atoms. The van der Waals surface area contributed by atoms with Crippen molar-refractivity contribution in [2.24, 2.45) is 5.73 Å². The van der Waals surface area contributed by atoms with Crippen molar-refractivity contribution in [2.45, 2.75) is 13.3 Å². The number of nitrogens with two attached hydrogens (primary N) is 1. The Labute approximate surface area is 146 Å². The van der Waals surface area contributed by atoms with Crippen LogP contribution >= 0.6 is 0 Å². The minimum Gasteiger partial charge on any atom is -0.493 e. The lowest BCUT2D eigenvalue weighted by Gasteiger charge is -2.13. The first-order valence-corrected chi connectivity index (χ1v) is 9.38. The molecule has 0 radical (unpaired) electrons. The second-order valence-corrected chi connectivity index (χ2v) is 7.14. The van der Waals surface area contributed by atoms with E-state index >= 15 is 0 Å². The van der Waals surface area contributed by atoms with Crippen LogP contribution in [0.5, 0.6) is 17.2 Å². The second-order valence-electron chi connectivity index (χ2n) is 5.30. The highest BCUT2D eigenvalue weighted by Crippen LogP contribution is 2.34. The van der Waals surface area contributed by atoms with Gasteiger partial charge in [-0.05, 0) is 36.2 Å². The normalized spacial score (nSPS) is 11.2. The Hall–Kier alpha value is -2.32. The molecular weight excluding hydrogens is 347 g/mol. The van der Waals surface area contributed by atoms with Gasteiger partial charge in [0.05, 0.1) is 18.6 Å². The number of hydrogen-bond acceptors (Lipinski definition) is 5. The van der Waals surface area contributed by atoms with Crippen LogP contribution in [-0.4, -0.2) is 27.8 Å². The molecule has 0 aliphatic heterocycles. The number of nitrogens with one attached hydrogen (secondary N) is 1. The first-order valence-electron chi connectivity index (χ1n) is 7.73. The second kappa shape index (κ2) is 8.17. The number of halogens is 1. The fourth-order valence-corrected chi connectivity index (χ4v) is 3.07. The third kappa shape index (κ3) is 5.07. The van der Waals surface area contributed by atoms with Gasteiger partial charge in [-0.3, -0.25) is 4.72 Å². The first-order chi connectivity index (χ1) is 11.9. The molecule has 0 amide bonds. The summed E-state index contributed by atoms with van der Waals surface area (Å²) in [5, 5.41) is 0. The van der Waals surface area contributed by atoms with Crippen LogP contribution in [0.15, 0.2) is 36.4 Å². The standard InChI is InChI=1S/C17H21FN2O4S/c1-3-12-4-6-16(17(10-12)23-2)24-15-7-5-13(11-14(15)18)20-25(21,22)9-8-19/h4-7,10-11,20H,3,8-9,19H2,1-2H3. The number of aryl methyl sites for hydroxylation is 1. The summed E-state index contributed by atoms with van der Waals surface area (Å²) in [5.74, 6) is -0.117. The highest BCUT2D eigenvalue weighted by Gasteiger charge is 2.13. The Kier molecular flexibility index (Phi) is 6.22. The molecule has 0 fully saturated rings. The lowest BCUT2D eigenvalue weighted by molar-refractivity contribution is 0.370.